The molecule has 100 valence electrons. The topological polar surface area (TPSA) is 72.2 Å². The molecule has 0 spiro atoms. The fraction of sp³-hybridized carbons (Fsp3) is 0.538. The van der Waals surface area contributed by atoms with E-state index < -0.39 is 10.0 Å². The minimum Gasteiger partial charge on any atom is -0.326 e. The van der Waals surface area contributed by atoms with Gasteiger partial charge in [0.1, 0.15) is 0 Å². The maximum absolute atomic E-state index is 12.4. The van der Waals surface area contributed by atoms with Crippen molar-refractivity contribution in [2.45, 2.75) is 50.1 Å². The molecule has 0 amide bonds. The Morgan fingerprint density at radius 3 is 2.56 bits per heavy atom. The van der Waals surface area contributed by atoms with Crippen molar-refractivity contribution in [3.05, 3.63) is 29.3 Å². The molecule has 1 aliphatic rings. The summed E-state index contributed by atoms with van der Waals surface area (Å²) < 4.78 is 27.6. The van der Waals surface area contributed by atoms with Crippen LogP contribution < -0.4 is 10.5 Å². The molecule has 0 radical (unpaired) electrons. The molecule has 4 nitrogen and oxygen atoms in total. The Kier molecular flexibility index (Phi) is 3.49. The van der Waals surface area contributed by atoms with Gasteiger partial charge in [-0.1, -0.05) is 12.1 Å². The van der Waals surface area contributed by atoms with Crippen molar-refractivity contribution in [3.63, 3.8) is 0 Å². The van der Waals surface area contributed by atoms with E-state index in [-0.39, 0.29) is 5.54 Å². The Balaban J connectivity index is 2.35. The molecule has 0 heterocycles. The number of hydrogen-bond donors (Lipinski definition) is 2. The summed E-state index contributed by atoms with van der Waals surface area (Å²) in [5, 5.41) is 0. The highest BCUT2D eigenvalue weighted by atomic mass is 32.2. The zero-order chi connectivity index (χ0) is 13.4. The average molecular weight is 268 g/mol. The number of nitrogens with one attached hydrogen (secondary N) is 1. The number of sulfonamides is 1. The van der Waals surface area contributed by atoms with E-state index in [1.54, 1.807) is 19.1 Å². The molecule has 5 heteroatoms. The first-order valence-corrected chi connectivity index (χ1v) is 7.69. The predicted octanol–water partition coefficient (Wildman–Crippen LogP) is 1.67. The molecule has 1 aromatic rings. The van der Waals surface area contributed by atoms with Gasteiger partial charge in [-0.25, -0.2) is 13.1 Å². The summed E-state index contributed by atoms with van der Waals surface area (Å²) in [4.78, 5) is 0.346. The van der Waals surface area contributed by atoms with Gasteiger partial charge >= 0.3 is 0 Å². The second kappa shape index (κ2) is 4.64. The maximum atomic E-state index is 12.4. The van der Waals surface area contributed by atoms with Crippen LogP contribution >= 0.6 is 0 Å². The van der Waals surface area contributed by atoms with Gasteiger partial charge in [-0.2, -0.15) is 0 Å². The normalized spacial score (nSPS) is 18.4. The van der Waals surface area contributed by atoms with E-state index in [2.05, 4.69) is 4.72 Å². The van der Waals surface area contributed by atoms with Crippen molar-refractivity contribution in [2.75, 3.05) is 0 Å². The van der Waals surface area contributed by atoms with Gasteiger partial charge < -0.3 is 5.73 Å². The third kappa shape index (κ3) is 2.43. The Hall–Kier alpha value is -0.910. The molecule has 1 saturated carbocycles. The molecule has 0 aliphatic heterocycles. The molecular weight excluding hydrogens is 248 g/mol. The quantitative estimate of drug-likeness (QED) is 0.872. The molecule has 1 aliphatic carbocycles. The van der Waals surface area contributed by atoms with Gasteiger partial charge in [0.2, 0.25) is 10.0 Å². The van der Waals surface area contributed by atoms with Crippen LogP contribution in [0.5, 0.6) is 0 Å². The van der Waals surface area contributed by atoms with E-state index in [4.69, 9.17) is 5.73 Å². The van der Waals surface area contributed by atoms with Gasteiger partial charge in [0.15, 0.2) is 0 Å². The van der Waals surface area contributed by atoms with Crippen LogP contribution in [0.25, 0.3) is 0 Å². The second-order valence-corrected chi connectivity index (χ2v) is 6.91. The van der Waals surface area contributed by atoms with Gasteiger partial charge in [-0.3, -0.25) is 0 Å². The fourth-order valence-corrected chi connectivity index (χ4v) is 4.12. The highest BCUT2D eigenvalue weighted by molar-refractivity contribution is 7.89. The smallest absolute Gasteiger partial charge is 0.241 e. The predicted molar refractivity (Wildman–Crippen MR) is 71.6 cm³/mol. The van der Waals surface area contributed by atoms with Crippen LogP contribution in [-0.2, 0) is 16.6 Å². The summed E-state index contributed by atoms with van der Waals surface area (Å²) in [6, 6.07) is 5.24. The van der Waals surface area contributed by atoms with Crippen LogP contribution in [0.2, 0.25) is 0 Å². The van der Waals surface area contributed by atoms with Crippen molar-refractivity contribution >= 4 is 10.0 Å². The zero-order valence-corrected chi connectivity index (χ0v) is 11.7. The third-order valence-electron chi connectivity index (χ3n) is 3.74. The lowest BCUT2D eigenvalue weighted by Crippen LogP contribution is -2.50. The van der Waals surface area contributed by atoms with Crippen LogP contribution in [0, 0.1) is 6.92 Å². The van der Waals surface area contributed by atoms with Crippen LogP contribution in [0.4, 0.5) is 0 Å². The summed E-state index contributed by atoms with van der Waals surface area (Å²) in [7, 11) is -3.45. The molecule has 2 rings (SSSR count). The largest absolute Gasteiger partial charge is 0.326 e. The van der Waals surface area contributed by atoms with Crippen molar-refractivity contribution in [2.24, 2.45) is 5.73 Å². The molecule has 1 fully saturated rings. The van der Waals surface area contributed by atoms with Crippen molar-refractivity contribution in [1.82, 2.24) is 4.72 Å². The minimum atomic E-state index is -3.45. The summed E-state index contributed by atoms with van der Waals surface area (Å²) in [5.74, 6) is 0. The van der Waals surface area contributed by atoms with E-state index in [0.717, 1.165) is 30.4 Å². The summed E-state index contributed by atoms with van der Waals surface area (Å²) >= 11 is 0. The fourth-order valence-electron chi connectivity index (χ4n) is 2.36. The van der Waals surface area contributed by atoms with E-state index in [9.17, 15) is 8.42 Å². The lowest BCUT2D eigenvalue weighted by Gasteiger charge is -2.38. The first-order chi connectivity index (χ1) is 8.38. The number of rotatable bonds is 4. The van der Waals surface area contributed by atoms with Gasteiger partial charge in [0, 0.05) is 12.1 Å². The van der Waals surface area contributed by atoms with Crippen LogP contribution in [0.1, 0.15) is 37.3 Å². The van der Waals surface area contributed by atoms with Crippen LogP contribution in [-0.4, -0.2) is 14.0 Å². The van der Waals surface area contributed by atoms with E-state index in [1.807, 2.05) is 13.0 Å². The van der Waals surface area contributed by atoms with Crippen molar-refractivity contribution in [3.8, 4) is 0 Å². The highest BCUT2D eigenvalue weighted by Crippen LogP contribution is 2.33. The lowest BCUT2D eigenvalue weighted by molar-refractivity contribution is 0.248. The number of hydrogen-bond acceptors (Lipinski definition) is 3. The standard InChI is InChI=1S/C13H20N2O2S/c1-10-11(9-14)5-3-6-12(10)18(16,17)15-13(2)7-4-8-13/h3,5-6,15H,4,7-9,14H2,1-2H3. The van der Waals surface area contributed by atoms with Gasteiger partial charge in [-0.05, 0) is 50.3 Å². The molecule has 0 aromatic heterocycles. The molecule has 18 heavy (non-hydrogen) atoms. The van der Waals surface area contributed by atoms with Crippen LogP contribution in [0.15, 0.2) is 23.1 Å². The van der Waals surface area contributed by atoms with Gasteiger partial charge in [-0.15, -0.1) is 0 Å². The molecule has 0 unspecified atom stereocenters. The Bertz CT molecular complexity index is 548. The molecular formula is C13H20N2O2S. The van der Waals surface area contributed by atoms with E-state index in [1.165, 1.54) is 0 Å². The van der Waals surface area contributed by atoms with E-state index in [0.29, 0.717) is 11.4 Å². The molecule has 0 saturated heterocycles. The highest BCUT2D eigenvalue weighted by Gasteiger charge is 2.36. The summed E-state index contributed by atoms with van der Waals surface area (Å²) in [6.07, 6.45) is 2.89. The van der Waals surface area contributed by atoms with Crippen molar-refractivity contribution in [1.29, 1.82) is 0 Å². The zero-order valence-electron chi connectivity index (χ0n) is 10.9. The van der Waals surface area contributed by atoms with Crippen molar-refractivity contribution < 1.29 is 8.42 Å². The average Bonchev–Trinajstić information content (AvgIpc) is 2.26. The Morgan fingerprint density at radius 2 is 2.06 bits per heavy atom. The Labute approximate surface area is 109 Å². The molecule has 0 bridgehead atoms. The summed E-state index contributed by atoms with van der Waals surface area (Å²) in [5.41, 5.74) is 6.96. The molecule has 1 aromatic carbocycles. The SMILES string of the molecule is Cc1c(CN)cccc1S(=O)(=O)NC1(C)CCC1. The van der Waals surface area contributed by atoms with Crippen LogP contribution in [0.3, 0.4) is 0 Å². The van der Waals surface area contributed by atoms with Gasteiger partial charge in [0.25, 0.3) is 0 Å². The second-order valence-electron chi connectivity index (χ2n) is 5.26. The van der Waals surface area contributed by atoms with Gasteiger partial charge in [0.05, 0.1) is 4.90 Å². The minimum absolute atomic E-state index is 0.274. The first-order valence-electron chi connectivity index (χ1n) is 6.20. The lowest BCUT2D eigenvalue weighted by atomic mass is 9.80. The van der Waals surface area contributed by atoms with E-state index >= 15 is 0 Å². The summed E-state index contributed by atoms with van der Waals surface area (Å²) in [6.45, 7) is 4.11. The number of nitrogens with two attached hydrogens (primary N) is 1. The maximum Gasteiger partial charge on any atom is 0.241 e. The monoisotopic (exact) mass is 268 g/mol. The number of benzene rings is 1. The first kappa shape index (κ1) is 13.5. The Morgan fingerprint density at radius 1 is 1.39 bits per heavy atom. The third-order valence-corrected chi connectivity index (χ3v) is 5.53. The molecule has 3 N–H and O–H groups in total. The molecule has 0 atom stereocenters.